The molecule has 3 aromatic rings. The molecule has 1 aliphatic rings. The van der Waals surface area contributed by atoms with Crippen LogP contribution in [0, 0.1) is 0 Å². The topological polar surface area (TPSA) is 56.8 Å². The summed E-state index contributed by atoms with van der Waals surface area (Å²) in [4.78, 5) is 12.3. The van der Waals surface area contributed by atoms with Gasteiger partial charge in [-0.25, -0.2) is 0 Å². The van der Waals surface area contributed by atoms with Crippen molar-refractivity contribution in [3.05, 3.63) is 83.9 Å². The maximum absolute atomic E-state index is 12.3. The quantitative estimate of drug-likeness (QED) is 0.701. The van der Waals surface area contributed by atoms with Gasteiger partial charge in [0, 0.05) is 17.5 Å². The third kappa shape index (κ3) is 4.09. The Morgan fingerprint density at radius 3 is 2.50 bits per heavy atom. The van der Waals surface area contributed by atoms with Crippen molar-refractivity contribution in [3.8, 4) is 23.0 Å². The van der Waals surface area contributed by atoms with E-state index in [1.807, 2.05) is 48.5 Å². The first-order valence-electron chi connectivity index (χ1n) is 9.16. The molecule has 1 amide bonds. The molecule has 0 spiro atoms. The van der Waals surface area contributed by atoms with Crippen LogP contribution in [-0.2, 0) is 6.42 Å². The SMILES string of the molecule is COc1ccc(C(=O)NC[C@H]2Cc3cc(Oc4ccccc4)ccc3O2)cc1. The van der Waals surface area contributed by atoms with Gasteiger partial charge < -0.3 is 19.5 Å². The fourth-order valence-electron chi connectivity index (χ4n) is 3.15. The summed E-state index contributed by atoms with van der Waals surface area (Å²) in [6.07, 6.45) is 0.633. The number of ether oxygens (including phenoxy) is 3. The number of hydrogen-bond donors (Lipinski definition) is 1. The lowest BCUT2D eigenvalue weighted by Crippen LogP contribution is -2.34. The number of benzene rings is 3. The van der Waals surface area contributed by atoms with Crippen LogP contribution in [0.5, 0.6) is 23.0 Å². The number of methoxy groups -OCH3 is 1. The van der Waals surface area contributed by atoms with Gasteiger partial charge >= 0.3 is 0 Å². The predicted octanol–water partition coefficient (Wildman–Crippen LogP) is 4.22. The fourth-order valence-corrected chi connectivity index (χ4v) is 3.15. The molecule has 0 fully saturated rings. The van der Waals surface area contributed by atoms with E-state index in [2.05, 4.69) is 5.32 Å². The summed E-state index contributed by atoms with van der Waals surface area (Å²) in [5.74, 6) is 3.00. The molecule has 142 valence electrons. The molecule has 5 nitrogen and oxygen atoms in total. The zero-order valence-electron chi connectivity index (χ0n) is 15.6. The summed E-state index contributed by atoms with van der Waals surface area (Å²) in [5, 5.41) is 2.93. The molecule has 1 N–H and O–H groups in total. The lowest BCUT2D eigenvalue weighted by atomic mass is 10.1. The zero-order chi connectivity index (χ0) is 19.3. The van der Waals surface area contributed by atoms with E-state index >= 15 is 0 Å². The van der Waals surface area contributed by atoms with Crippen LogP contribution >= 0.6 is 0 Å². The van der Waals surface area contributed by atoms with Crippen LogP contribution in [0.15, 0.2) is 72.8 Å². The first-order valence-corrected chi connectivity index (χ1v) is 9.16. The lowest BCUT2D eigenvalue weighted by molar-refractivity contribution is 0.0933. The van der Waals surface area contributed by atoms with E-state index in [4.69, 9.17) is 14.2 Å². The van der Waals surface area contributed by atoms with Crippen molar-refractivity contribution in [2.75, 3.05) is 13.7 Å². The van der Waals surface area contributed by atoms with Crippen molar-refractivity contribution < 1.29 is 19.0 Å². The summed E-state index contributed by atoms with van der Waals surface area (Å²) in [5.41, 5.74) is 1.67. The molecule has 0 unspecified atom stereocenters. The third-order valence-electron chi connectivity index (χ3n) is 4.59. The number of carbonyl (C=O) groups excluding carboxylic acids is 1. The highest BCUT2D eigenvalue weighted by molar-refractivity contribution is 5.94. The molecule has 4 rings (SSSR count). The molecular formula is C23H21NO4. The van der Waals surface area contributed by atoms with Crippen LogP contribution in [0.1, 0.15) is 15.9 Å². The first-order chi connectivity index (χ1) is 13.7. The number of amides is 1. The summed E-state index contributed by atoms with van der Waals surface area (Å²) < 4.78 is 16.9. The molecule has 1 aliphatic heterocycles. The van der Waals surface area contributed by atoms with Gasteiger partial charge in [0.25, 0.3) is 5.91 Å². The molecule has 1 heterocycles. The van der Waals surface area contributed by atoms with Crippen LogP contribution in [-0.4, -0.2) is 25.7 Å². The average molecular weight is 375 g/mol. The minimum atomic E-state index is -0.129. The van der Waals surface area contributed by atoms with Crippen LogP contribution in [0.4, 0.5) is 0 Å². The molecule has 0 radical (unpaired) electrons. The second-order valence-corrected chi connectivity index (χ2v) is 6.57. The van der Waals surface area contributed by atoms with Crippen molar-refractivity contribution in [1.82, 2.24) is 5.32 Å². The second-order valence-electron chi connectivity index (χ2n) is 6.57. The monoisotopic (exact) mass is 375 g/mol. The van der Waals surface area contributed by atoms with Gasteiger partial charge in [-0.2, -0.15) is 0 Å². The van der Waals surface area contributed by atoms with Crippen molar-refractivity contribution in [2.24, 2.45) is 0 Å². The van der Waals surface area contributed by atoms with Crippen molar-refractivity contribution in [2.45, 2.75) is 12.5 Å². The van der Waals surface area contributed by atoms with E-state index in [0.717, 1.165) is 35.0 Å². The highest BCUT2D eigenvalue weighted by Gasteiger charge is 2.24. The maximum atomic E-state index is 12.3. The normalized spacial score (nSPS) is 14.7. The predicted molar refractivity (Wildman–Crippen MR) is 106 cm³/mol. The van der Waals surface area contributed by atoms with E-state index in [1.54, 1.807) is 31.4 Å². The lowest BCUT2D eigenvalue weighted by Gasteiger charge is -2.12. The van der Waals surface area contributed by atoms with Gasteiger partial charge in [0.2, 0.25) is 0 Å². The van der Waals surface area contributed by atoms with Gasteiger partial charge in [0.05, 0.1) is 13.7 Å². The van der Waals surface area contributed by atoms with Crippen LogP contribution in [0.2, 0.25) is 0 Å². The van der Waals surface area contributed by atoms with Crippen LogP contribution in [0.25, 0.3) is 0 Å². The van der Waals surface area contributed by atoms with Gasteiger partial charge in [-0.15, -0.1) is 0 Å². The van der Waals surface area contributed by atoms with Crippen molar-refractivity contribution >= 4 is 5.91 Å². The van der Waals surface area contributed by atoms with Gasteiger partial charge in [-0.1, -0.05) is 18.2 Å². The highest BCUT2D eigenvalue weighted by atomic mass is 16.5. The summed E-state index contributed by atoms with van der Waals surface area (Å²) in [7, 11) is 1.60. The average Bonchev–Trinajstić information content (AvgIpc) is 3.15. The Morgan fingerprint density at radius 1 is 1.00 bits per heavy atom. The highest BCUT2D eigenvalue weighted by Crippen LogP contribution is 2.33. The van der Waals surface area contributed by atoms with Crippen LogP contribution < -0.4 is 19.5 Å². The zero-order valence-corrected chi connectivity index (χ0v) is 15.6. The summed E-state index contributed by atoms with van der Waals surface area (Å²) in [6, 6.07) is 22.5. The van der Waals surface area contributed by atoms with E-state index < -0.39 is 0 Å². The molecule has 1 atom stereocenters. The van der Waals surface area contributed by atoms with Crippen LogP contribution in [0.3, 0.4) is 0 Å². The Labute approximate surface area is 163 Å². The first kappa shape index (κ1) is 17.9. The molecule has 0 aliphatic carbocycles. The molecular weight excluding hydrogens is 354 g/mol. The molecule has 28 heavy (non-hydrogen) atoms. The van der Waals surface area contributed by atoms with Gasteiger partial charge in [-0.05, 0) is 54.6 Å². The van der Waals surface area contributed by atoms with E-state index in [1.165, 1.54) is 0 Å². The van der Waals surface area contributed by atoms with E-state index in [-0.39, 0.29) is 12.0 Å². The Kier molecular flexibility index (Phi) is 5.15. The van der Waals surface area contributed by atoms with Gasteiger partial charge in [-0.3, -0.25) is 4.79 Å². The Bertz CT molecular complexity index is 954. The second kappa shape index (κ2) is 8.05. The third-order valence-corrected chi connectivity index (χ3v) is 4.59. The maximum Gasteiger partial charge on any atom is 0.251 e. The molecule has 0 saturated heterocycles. The Balaban J connectivity index is 1.33. The Hall–Kier alpha value is -3.47. The van der Waals surface area contributed by atoms with Crippen molar-refractivity contribution in [3.63, 3.8) is 0 Å². The smallest absolute Gasteiger partial charge is 0.251 e. The molecule has 0 aromatic heterocycles. The van der Waals surface area contributed by atoms with Crippen molar-refractivity contribution in [1.29, 1.82) is 0 Å². The largest absolute Gasteiger partial charge is 0.497 e. The number of hydrogen-bond acceptors (Lipinski definition) is 4. The Morgan fingerprint density at radius 2 is 1.75 bits per heavy atom. The molecule has 0 saturated carbocycles. The van der Waals surface area contributed by atoms with E-state index in [0.29, 0.717) is 12.1 Å². The number of rotatable bonds is 6. The molecule has 3 aromatic carbocycles. The number of para-hydroxylation sites is 1. The number of nitrogens with one attached hydrogen (secondary N) is 1. The number of carbonyl (C=O) groups is 1. The summed E-state index contributed by atoms with van der Waals surface area (Å²) in [6.45, 7) is 0.439. The fraction of sp³-hybridized carbons (Fsp3) is 0.174. The van der Waals surface area contributed by atoms with E-state index in [9.17, 15) is 4.79 Å². The number of fused-ring (bicyclic) bond motifs is 1. The van der Waals surface area contributed by atoms with Gasteiger partial charge in [0.15, 0.2) is 0 Å². The standard InChI is InChI=1S/C23H21NO4/c1-26-18-9-7-16(8-10-18)23(25)24-15-21-14-17-13-20(11-12-22(17)28-21)27-19-5-3-2-4-6-19/h2-13,21H,14-15H2,1H3,(H,24,25)/t21-/m1/s1. The molecule has 5 heteroatoms. The minimum Gasteiger partial charge on any atom is -0.497 e. The minimum absolute atomic E-state index is 0.0934. The summed E-state index contributed by atoms with van der Waals surface area (Å²) >= 11 is 0. The molecule has 0 bridgehead atoms. The van der Waals surface area contributed by atoms with Gasteiger partial charge in [0.1, 0.15) is 29.1 Å².